The van der Waals surface area contributed by atoms with Crippen molar-refractivity contribution in [3.63, 3.8) is 0 Å². The van der Waals surface area contributed by atoms with Gasteiger partial charge in [0.1, 0.15) is 6.54 Å². The summed E-state index contributed by atoms with van der Waals surface area (Å²) >= 11 is 11.8. The summed E-state index contributed by atoms with van der Waals surface area (Å²) in [5.74, 6) is -0.431. The molecule has 0 aliphatic heterocycles. The van der Waals surface area contributed by atoms with Crippen molar-refractivity contribution in [1.82, 2.24) is 9.78 Å². The van der Waals surface area contributed by atoms with E-state index in [1.54, 1.807) is 24.5 Å². The molecule has 3 N–H and O–H groups in total. The number of rotatable bonds is 5. The molecule has 19 heavy (non-hydrogen) atoms. The first-order valence-electron chi connectivity index (χ1n) is 5.53. The standard InChI is InChI=1S/C12H12Cl2N4O/c13-10-2-1-8(3-11(10)14)4-16-9-5-17-18(6-9)7-12(15)19/h1-3,5-6,16H,4,7H2,(H2,15,19). The Hall–Kier alpha value is -1.72. The Balaban J connectivity index is 1.96. The lowest BCUT2D eigenvalue weighted by Gasteiger charge is -2.05. The maximum atomic E-state index is 10.7. The molecule has 2 rings (SSSR count). The van der Waals surface area contributed by atoms with E-state index in [2.05, 4.69) is 10.4 Å². The Morgan fingerprint density at radius 2 is 2.16 bits per heavy atom. The smallest absolute Gasteiger partial charge is 0.239 e. The third-order valence-electron chi connectivity index (χ3n) is 2.43. The second kappa shape index (κ2) is 5.95. The third-order valence-corrected chi connectivity index (χ3v) is 3.17. The first-order valence-corrected chi connectivity index (χ1v) is 6.29. The average Bonchev–Trinajstić information content (AvgIpc) is 2.77. The van der Waals surface area contributed by atoms with E-state index in [-0.39, 0.29) is 6.54 Å². The minimum absolute atomic E-state index is 0.0639. The molecule has 0 saturated carbocycles. The van der Waals surface area contributed by atoms with Gasteiger partial charge in [-0.15, -0.1) is 0 Å². The van der Waals surface area contributed by atoms with Gasteiger partial charge in [0.05, 0.1) is 21.9 Å². The highest BCUT2D eigenvalue weighted by atomic mass is 35.5. The van der Waals surface area contributed by atoms with E-state index in [0.29, 0.717) is 16.6 Å². The fourth-order valence-corrected chi connectivity index (χ4v) is 1.88. The van der Waals surface area contributed by atoms with Crippen LogP contribution in [0.3, 0.4) is 0 Å². The predicted octanol–water partition coefficient (Wildman–Crippen LogP) is 2.29. The number of hydrogen-bond donors (Lipinski definition) is 2. The molecule has 0 bridgehead atoms. The number of amides is 1. The van der Waals surface area contributed by atoms with Gasteiger partial charge in [0, 0.05) is 12.7 Å². The molecule has 0 spiro atoms. The van der Waals surface area contributed by atoms with Crippen molar-refractivity contribution >= 4 is 34.8 Å². The Labute approximate surface area is 120 Å². The number of carbonyl (C=O) groups is 1. The van der Waals surface area contributed by atoms with Gasteiger partial charge < -0.3 is 11.1 Å². The molecule has 1 aromatic heterocycles. The number of nitrogens with one attached hydrogen (secondary N) is 1. The molecule has 0 aliphatic carbocycles. The van der Waals surface area contributed by atoms with E-state index in [0.717, 1.165) is 11.3 Å². The molecule has 0 aliphatic rings. The maximum Gasteiger partial charge on any atom is 0.239 e. The van der Waals surface area contributed by atoms with Crippen LogP contribution in [0.1, 0.15) is 5.56 Å². The first-order chi connectivity index (χ1) is 9.04. The molecule has 2 aromatic rings. The summed E-state index contributed by atoms with van der Waals surface area (Å²) in [6.07, 6.45) is 3.34. The molecule has 1 aromatic carbocycles. The van der Waals surface area contributed by atoms with Crippen molar-refractivity contribution in [2.75, 3.05) is 5.32 Å². The van der Waals surface area contributed by atoms with Crippen molar-refractivity contribution in [3.8, 4) is 0 Å². The van der Waals surface area contributed by atoms with Crippen LogP contribution < -0.4 is 11.1 Å². The summed E-state index contributed by atoms with van der Waals surface area (Å²) in [6.45, 7) is 0.646. The van der Waals surface area contributed by atoms with Gasteiger partial charge in [-0.05, 0) is 17.7 Å². The Morgan fingerprint density at radius 1 is 1.37 bits per heavy atom. The number of nitrogens with two attached hydrogens (primary N) is 1. The SMILES string of the molecule is NC(=O)Cn1cc(NCc2ccc(Cl)c(Cl)c2)cn1. The van der Waals surface area contributed by atoms with Gasteiger partial charge in [-0.1, -0.05) is 29.3 Å². The van der Waals surface area contributed by atoms with Crippen LogP contribution in [0.25, 0.3) is 0 Å². The number of halogens is 2. The normalized spacial score (nSPS) is 10.4. The largest absolute Gasteiger partial charge is 0.378 e. The van der Waals surface area contributed by atoms with Gasteiger partial charge in [-0.3, -0.25) is 9.48 Å². The van der Waals surface area contributed by atoms with E-state index >= 15 is 0 Å². The van der Waals surface area contributed by atoms with Crippen molar-refractivity contribution in [2.24, 2.45) is 5.73 Å². The quantitative estimate of drug-likeness (QED) is 0.889. The zero-order chi connectivity index (χ0) is 13.8. The molecular formula is C12H12Cl2N4O. The third kappa shape index (κ3) is 3.87. The van der Waals surface area contributed by atoms with Crippen molar-refractivity contribution < 1.29 is 4.79 Å². The summed E-state index contributed by atoms with van der Waals surface area (Å²) < 4.78 is 1.47. The lowest BCUT2D eigenvalue weighted by atomic mass is 10.2. The molecule has 0 atom stereocenters. The van der Waals surface area contributed by atoms with E-state index in [4.69, 9.17) is 28.9 Å². The lowest BCUT2D eigenvalue weighted by molar-refractivity contribution is -0.118. The number of nitrogens with zero attached hydrogens (tertiary/aromatic N) is 2. The van der Waals surface area contributed by atoms with Crippen LogP contribution in [0.5, 0.6) is 0 Å². The van der Waals surface area contributed by atoms with Gasteiger partial charge in [-0.25, -0.2) is 0 Å². The number of benzene rings is 1. The molecule has 0 fully saturated rings. The minimum Gasteiger partial charge on any atom is -0.378 e. The average molecular weight is 299 g/mol. The number of carbonyl (C=O) groups excluding carboxylic acids is 1. The molecular weight excluding hydrogens is 287 g/mol. The van der Waals surface area contributed by atoms with Crippen LogP contribution in [-0.4, -0.2) is 15.7 Å². The topological polar surface area (TPSA) is 72.9 Å². The molecule has 0 unspecified atom stereocenters. The Bertz CT molecular complexity index is 597. The van der Waals surface area contributed by atoms with Crippen LogP contribution >= 0.6 is 23.2 Å². The summed E-state index contributed by atoms with van der Waals surface area (Å²) in [5.41, 5.74) is 6.88. The lowest BCUT2D eigenvalue weighted by Crippen LogP contribution is -2.18. The molecule has 0 radical (unpaired) electrons. The van der Waals surface area contributed by atoms with Crippen molar-refractivity contribution in [1.29, 1.82) is 0 Å². The fraction of sp³-hybridized carbons (Fsp3) is 0.167. The molecule has 0 saturated heterocycles. The summed E-state index contributed by atoms with van der Waals surface area (Å²) in [7, 11) is 0. The monoisotopic (exact) mass is 298 g/mol. The van der Waals surface area contributed by atoms with Gasteiger partial charge >= 0.3 is 0 Å². The highest BCUT2D eigenvalue weighted by Crippen LogP contribution is 2.23. The molecule has 5 nitrogen and oxygen atoms in total. The second-order valence-corrected chi connectivity index (χ2v) is 4.81. The van der Waals surface area contributed by atoms with Crippen LogP contribution in [-0.2, 0) is 17.9 Å². The van der Waals surface area contributed by atoms with Crippen LogP contribution in [0.4, 0.5) is 5.69 Å². The Kier molecular flexibility index (Phi) is 4.29. The van der Waals surface area contributed by atoms with Gasteiger partial charge in [0.25, 0.3) is 0 Å². The molecule has 7 heteroatoms. The molecule has 100 valence electrons. The van der Waals surface area contributed by atoms with Crippen LogP contribution in [0.15, 0.2) is 30.6 Å². The summed E-state index contributed by atoms with van der Waals surface area (Å²) in [6, 6.07) is 5.43. The zero-order valence-electron chi connectivity index (χ0n) is 9.94. The zero-order valence-corrected chi connectivity index (χ0v) is 11.4. The first kappa shape index (κ1) is 13.7. The highest BCUT2D eigenvalue weighted by Gasteiger charge is 2.02. The minimum atomic E-state index is -0.431. The van der Waals surface area contributed by atoms with E-state index in [1.807, 2.05) is 6.07 Å². The highest BCUT2D eigenvalue weighted by molar-refractivity contribution is 6.42. The van der Waals surface area contributed by atoms with Gasteiger partial charge in [0.15, 0.2) is 0 Å². The van der Waals surface area contributed by atoms with Gasteiger partial charge in [-0.2, -0.15) is 5.10 Å². The maximum absolute atomic E-state index is 10.7. The number of aromatic nitrogens is 2. The summed E-state index contributed by atoms with van der Waals surface area (Å²) in [4.78, 5) is 10.7. The Morgan fingerprint density at radius 3 is 2.84 bits per heavy atom. The van der Waals surface area contributed by atoms with Crippen molar-refractivity contribution in [3.05, 3.63) is 46.2 Å². The molecule has 1 heterocycles. The number of hydrogen-bond acceptors (Lipinski definition) is 3. The predicted molar refractivity (Wildman–Crippen MR) is 75.2 cm³/mol. The molecule has 1 amide bonds. The van der Waals surface area contributed by atoms with Crippen LogP contribution in [0.2, 0.25) is 10.0 Å². The van der Waals surface area contributed by atoms with E-state index < -0.39 is 5.91 Å². The van der Waals surface area contributed by atoms with E-state index in [1.165, 1.54) is 4.68 Å². The summed E-state index contributed by atoms with van der Waals surface area (Å²) in [5, 5.41) is 8.22. The number of primary amides is 1. The van der Waals surface area contributed by atoms with E-state index in [9.17, 15) is 4.79 Å². The van der Waals surface area contributed by atoms with Gasteiger partial charge in [0.2, 0.25) is 5.91 Å². The number of anilines is 1. The van der Waals surface area contributed by atoms with Crippen LogP contribution in [0, 0.1) is 0 Å². The second-order valence-electron chi connectivity index (χ2n) is 3.99. The fourth-order valence-electron chi connectivity index (χ4n) is 1.55. The van der Waals surface area contributed by atoms with Crippen molar-refractivity contribution in [2.45, 2.75) is 13.1 Å².